The van der Waals surface area contributed by atoms with Gasteiger partial charge in [0.15, 0.2) is 16.0 Å². The summed E-state index contributed by atoms with van der Waals surface area (Å²) in [7, 11) is -3.62. The zero-order valence-electron chi connectivity index (χ0n) is 8.12. The Labute approximate surface area is 92.9 Å². The van der Waals surface area contributed by atoms with Gasteiger partial charge in [-0.05, 0) is 12.1 Å². The number of carbonyl (C=O) groups excluding carboxylic acids is 1. The summed E-state index contributed by atoms with van der Waals surface area (Å²) in [6.07, 6.45) is 2.20. The van der Waals surface area contributed by atoms with Crippen molar-refractivity contribution in [2.45, 2.75) is 4.90 Å². The van der Waals surface area contributed by atoms with Gasteiger partial charge in [0.05, 0.1) is 4.90 Å². The number of amides is 1. The van der Waals surface area contributed by atoms with E-state index < -0.39 is 15.7 Å². The first kappa shape index (κ1) is 11.9. The van der Waals surface area contributed by atoms with Crippen LogP contribution in [0.4, 0.5) is 0 Å². The molecule has 1 amide bonds. The van der Waals surface area contributed by atoms with Crippen molar-refractivity contribution in [1.29, 1.82) is 5.26 Å². The number of rotatable bonds is 3. The van der Waals surface area contributed by atoms with E-state index in [1.54, 1.807) is 23.5 Å². The monoisotopic (exact) mass is 236 g/mol. The lowest BCUT2D eigenvalue weighted by Gasteiger charge is -1.96. The molecule has 82 valence electrons. The molecule has 1 N–H and O–H groups in total. The van der Waals surface area contributed by atoms with E-state index in [9.17, 15) is 13.2 Å². The van der Waals surface area contributed by atoms with Gasteiger partial charge in [-0.3, -0.25) is 10.1 Å². The smallest absolute Gasteiger partial charge is 0.257 e. The third-order valence-corrected chi connectivity index (χ3v) is 3.07. The number of hydrogen-bond donors (Lipinski definition) is 1. The topological polar surface area (TPSA) is 87.0 Å². The molecule has 0 bridgehead atoms. The molecule has 0 atom stereocenters. The van der Waals surface area contributed by atoms with Crippen molar-refractivity contribution in [3.63, 3.8) is 0 Å². The lowest BCUT2D eigenvalue weighted by atomic mass is 10.4. The highest BCUT2D eigenvalue weighted by atomic mass is 32.2. The molecule has 16 heavy (non-hydrogen) atoms. The van der Waals surface area contributed by atoms with Gasteiger partial charge in [0, 0.05) is 11.5 Å². The van der Waals surface area contributed by atoms with Crippen LogP contribution in [0.2, 0.25) is 0 Å². The third kappa shape index (κ3) is 3.22. The van der Waals surface area contributed by atoms with Gasteiger partial charge in [-0.25, -0.2) is 8.42 Å². The molecule has 0 aliphatic rings. The number of sulfone groups is 1. The highest BCUT2D eigenvalue weighted by Crippen LogP contribution is 2.10. The Bertz CT molecular complexity index is 541. The van der Waals surface area contributed by atoms with Crippen LogP contribution in [0.1, 0.15) is 0 Å². The number of hydrogen-bond acceptors (Lipinski definition) is 4. The van der Waals surface area contributed by atoms with E-state index in [4.69, 9.17) is 5.26 Å². The summed E-state index contributed by atoms with van der Waals surface area (Å²) in [6, 6.07) is 7.68. The van der Waals surface area contributed by atoms with Crippen molar-refractivity contribution < 1.29 is 13.2 Å². The summed E-state index contributed by atoms with van der Waals surface area (Å²) in [5, 5.41) is 10.7. The predicted octanol–water partition coefficient (Wildman–Crippen LogP) is 0.571. The maximum Gasteiger partial charge on any atom is 0.257 e. The van der Waals surface area contributed by atoms with Crippen LogP contribution in [0.25, 0.3) is 0 Å². The van der Waals surface area contributed by atoms with Crippen molar-refractivity contribution in [3.8, 4) is 6.19 Å². The van der Waals surface area contributed by atoms with E-state index in [0.717, 1.165) is 11.5 Å². The van der Waals surface area contributed by atoms with Crippen LogP contribution in [0.15, 0.2) is 46.7 Å². The van der Waals surface area contributed by atoms with E-state index in [2.05, 4.69) is 0 Å². The minimum atomic E-state index is -3.62. The number of benzene rings is 1. The Morgan fingerprint density at radius 1 is 1.31 bits per heavy atom. The number of nitrogens with zero attached hydrogens (tertiary/aromatic N) is 1. The van der Waals surface area contributed by atoms with Crippen molar-refractivity contribution in [2.24, 2.45) is 0 Å². The maximum absolute atomic E-state index is 11.6. The minimum Gasteiger partial charge on any atom is -0.269 e. The first-order chi connectivity index (χ1) is 7.56. The molecule has 1 aromatic rings. The van der Waals surface area contributed by atoms with Crippen molar-refractivity contribution in [3.05, 3.63) is 41.8 Å². The summed E-state index contributed by atoms with van der Waals surface area (Å²) in [4.78, 5) is 10.9. The van der Waals surface area contributed by atoms with Gasteiger partial charge in [0.25, 0.3) is 5.91 Å². The van der Waals surface area contributed by atoms with E-state index >= 15 is 0 Å². The van der Waals surface area contributed by atoms with E-state index in [1.807, 2.05) is 0 Å². The average molecular weight is 236 g/mol. The van der Waals surface area contributed by atoms with Gasteiger partial charge in [-0.1, -0.05) is 18.2 Å². The minimum absolute atomic E-state index is 0.0935. The average Bonchev–Trinajstić information content (AvgIpc) is 2.28. The van der Waals surface area contributed by atoms with Crippen molar-refractivity contribution >= 4 is 15.7 Å². The SMILES string of the molecule is N#CNC(=O)C=CS(=O)(=O)c1ccccc1. The lowest BCUT2D eigenvalue weighted by molar-refractivity contribution is -0.115. The molecule has 0 radical (unpaired) electrons. The summed E-state index contributed by atoms with van der Waals surface area (Å²) in [6.45, 7) is 0. The number of nitriles is 1. The Kier molecular flexibility index (Phi) is 3.80. The second-order valence-electron chi connectivity index (χ2n) is 2.76. The fraction of sp³-hybridized carbons (Fsp3) is 0. The van der Waals surface area contributed by atoms with Gasteiger partial charge >= 0.3 is 0 Å². The zero-order valence-corrected chi connectivity index (χ0v) is 8.94. The molecule has 0 fully saturated rings. The number of carbonyl (C=O) groups is 1. The standard InChI is InChI=1S/C10H8N2O3S/c11-8-12-10(13)6-7-16(14,15)9-4-2-1-3-5-9/h1-7H,(H,12,13). The summed E-state index contributed by atoms with van der Waals surface area (Å²) >= 11 is 0. The van der Waals surface area contributed by atoms with Gasteiger partial charge in [-0.2, -0.15) is 5.26 Å². The molecule has 6 heteroatoms. The third-order valence-electron chi connectivity index (χ3n) is 1.65. The Morgan fingerprint density at radius 3 is 2.50 bits per heavy atom. The van der Waals surface area contributed by atoms with Crippen LogP contribution in [0, 0.1) is 11.5 Å². The summed E-state index contributed by atoms with van der Waals surface area (Å²) in [5.74, 6) is -0.776. The van der Waals surface area contributed by atoms with Crippen LogP contribution in [-0.2, 0) is 14.6 Å². The first-order valence-corrected chi connectivity index (χ1v) is 5.78. The number of nitrogens with one attached hydrogen (secondary N) is 1. The molecule has 0 spiro atoms. The van der Waals surface area contributed by atoms with Crippen LogP contribution in [0.5, 0.6) is 0 Å². The molecule has 0 aliphatic carbocycles. The lowest BCUT2D eigenvalue weighted by Crippen LogP contribution is -2.14. The molecule has 0 aliphatic heterocycles. The molecular weight excluding hydrogens is 228 g/mol. The van der Waals surface area contributed by atoms with Crippen molar-refractivity contribution in [2.75, 3.05) is 0 Å². The first-order valence-electron chi connectivity index (χ1n) is 4.23. The molecular formula is C10H8N2O3S. The second-order valence-corrected chi connectivity index (χ2v) is 4.60. The van der Waals surface area contributed by atoms with E-state index in [0.29, 0.717) is 0 Å². The maximum atomic E-state index is 11.6. The quantitative estimate of drug-likeness (QED) is 0.472. The predicted molar refractivity (Wildman–Crippen MR) is 56.5 cm³/mol. The molecule has 0 heterocycles. The molecule has 0 aromatic heterocycles. The van der Waals surface area contributed by atoms with Gasteiger partial charge < -0.3 is 0 Å². The van der Waals surface area contributed by atoms with Crippen molar-refractivity contribution in [1.82, 2.24) is 5.32 Å². The Morgan fingerprint density at radius 2 is 1.94 bits per heavy atom. The molecule has 0 saturated heterocycles. The molecule has 1 aromatic carbocycles. The van der Waals surface area contributed by atoms with Gasteiger partial charge in [0.1, 0.15) is 0 Å². The fourth-order valence-corrected chi connectivity index (χ4v) is 1.93. The molecule has 5 nitrogen and oxygen atoms in total. The van der Waals surface area contributed by atoms with E-state index in [1.165, 1.54) is 18.3 Å². The highest BCUT2D eigenvalue weighted by Gasteiger charge is 2.09. The van der Waals surface area contributed by atoms with Crippen LogP contribution >= 0.6 is 0 Å². The van der Waals surface area contributed by atoms with Crippen LogP contribution in [-0.4, -0.2) is 14.3 Å². The van der Waals surface area contributed by atoms with Crippen LogP contribution in [0.3, 0.4) is 0 Å². The summed E-state index contributed by atoms with van der Waals surface area (Å²) < 4.78 is 23.2. The van der Waals surface area contributed by atoms with E-state index in [-0.39, 0.29) is 4.90 Å². The Balaban J connectivity index is 2.90. The van der Waals surface area contributed by atoms with Crippen LogP contribution < -0.4 is 5.32 Å². The highest BCUT2D eigenvalue weighted by molar-refractivity contribution is 7.94. The fourth-order valence-electron chi connectivity index (χ4n) is 0.937. The largest absolute Gasteiger partial charge is 0.269 e. The molecule has 1 rings (SSSR count). The second kappa shape index (κ2) is 5.09. The van der Waals surface area contributed by atoms with Gasteiger partial charge in [0.2, 0.25) is 0 Å². The molecule has 0 saturated carbocycles. The zero-order chi connectivity index (χ0) is 12.0. The van der Waals surface area contributed by atoms with Gasteiger partial charge in [-0.15, -0.1) is 0 Å². The Hall–Kier alpha value is -2.13. The normalized spacial score (nSPS) is 10.9. The summed E-state index contributed by atoms with van der Waals surface area (Å²) in [5.41, 5.74) is 0. The molecule has 0 unspecified atom stereocenters.